The SMILES string of the molecule is COCC1(C(=O)NCC2(O)CCC2)CCNCC1. The molecule has 0 aromatic carbocycles. The monoisotopic (exact) mass is 256 g/mol. The van der Waals surface area contributed by atoms with Crippen LogP contribution in [0, 0.1) is 5.41 Å². The molecular formula is C13H24N2O3. The van der Waals surface area contributed by atoms with Crippen molar-refractivity contribution in [1.82, 2.24) is 10.6 Å². The Morgan fingerprint density at radius 2 is 2.00 bits per heavy atom. The van der Waals surface area contributed by atoms with Gasteiger partial charge < -0.3 is 20.5 Å². The minimum atomic E-state index is -0.656. The summed E-state index contributed by atoms with van der Waals surface area (Å²) in [6.07, 6.45) is 4.24. The Labute approximate surface area is 108 Å². The number of hydrogen-bond donors (Lipinski definition) is 3. The predicted molar refractivity (Wildman–Crippen MR) is 68.2 cm³/mol. The van der Waals surface area contributed by atoms with Crippen LogP contribution < -0.4 is 10.6 Å². The molecule has 5 nitrogen and oxygen atoms in total. The standard InChI is InChI=1S/C13H24N2O3/c1-18-10-12(5-7-14-8-6-12)11(16)15-9-13(17)3-2-4-13/h14,17H,2-10H2,1H3,(H,15,16). The molecule has 104 valence electrons. The first kappa shape index (κ1) is 13.8. The molecule has 2 aliphatic rings. The van der Waals surface area contributed by atoms with E-state index in [0.29, 0.717) is 13.2 Å². The first-order valence-corrected chi connectivity index (χ1v) is 6.81. The van der Waals surface area contributed by atoms with Crippen molar-refractivity contribution >= 4 is 5.91 Å². The van der Waals surface area contributed by atoms with Crippen LogP contribution in [0.2, 0.25) is 0 Å². The summed E-state index contributed by atoms with van der Waals surface area (Å²) in [6.45, 7) is 2.53. The highest BCUT2D eigenvalue weighted by Gasteiger charge is 2.41. The van der Waals surface area contributed by atoms with Crippen molar-refractivity contribution in [2.75, 3.05) is 33.4 Å². The molecule has 1 aliphatic carbocycles. The zero-order valence-corrected chi connectivity index (χ0v) is 11.1. The van der Waals surface area contributed by atoms with E-state index in [9.17, 15) is 9.90 Å². The fourth-order valence-corrected chi connectivity index (χ4v) is 2.81. The summed E-state index contributed by atoms with van der Waals surface area (Å²) < 4.78 is 5.23. The van der Waals surface area contributed by atoms with Crippen LogP contribution in [0.3, 0.4) is 0 Å². The maximum Gasteiger partial charge on any atom is 0.228 e. The maximum atomic E-state index is 12.4. The van der Waals surface area contributed by atoms with Gasteiger partial charge in [0.2, 0.25) is 5.91 Å². The second kappa shape index (κ2) is 5.55. The van der Waals surface area contributed by atoms with Gasteiger partial charge in [0.25, 0.3) is 0 Å². The van der Waals surface area contributed by atoms with Gasteiger partial charge in [0.15, 0.2) is 0 Å². The number of nitrogens with one attached hydrogen (secondary N) is 2. The van der Waals surface area contributed by atoms with Gasteiger partial charge >= 0.3 is 0 Å². The van der Waals surface area contributed by atoms with E-state index in [0.717, 1.165) is 45.2 Å². The molecule has 1 saturated carbocycles. The highest BCUT2D eigenvalue weighted by molar-refractivity contribution is 5.83. The lowest BCUT2D eigenvalue weighted by Crippen LogP contribution is -2.54. The number of methoxy groups -OCH3 is 1. The van der Waals surface area contributed by atoms with Crippen molar-refractivity contribution in [2.45, 2.75) is 37.7 Å². The Balaban J connectivity index is 1.90. The van der Waals surface area contributed by atoms with Crippen LogP contribution >= 0.6 is 0 Å². The lowest BCUT2D eigenvalue weighted by atomic mass is 9.77. The van der Waals surface area contributed by atoms with E-state index in [4.69, 9.17) is 4.74 Å². The lowest BCUT2D eigenvalue weighted by molar-refractivity contribution is -0.138. The van der Waals surface area contributed by atoms with Crippen molar-refractivity contribution in [3.63, 3.8) is 0 Å². The Hall–Kier alpha value is -0.650. The van der Waals surface area contributed by atoms with Gasteiger partial charge in [-0.1, -0.05) is 0 Å². The van der Waals surface area contributed by atoms with E-state index >= 15 is 0 Å². The summed E-state index contributed by atoms with van der Waals surface area (Å²) in [4.78, 5) is 12.4. The second-order valence-electron chi connectivity index (χ2n) is 5.72. The minimum absolute atomic E-state index is 0.0335. The van der Waals surface area contributed by atoms with E-state index in [-0.39, 0.29) is 5.91 Å². The summed E-state index contributed by atoms with van der Waals surface area (Å²) in [7, 11) is 1.64. The molecule has 0 aromatic rings. The van der Waals surface area contributed by atoms with Gasteiger partial charge in [0.1, 0.15) is 0 Å². The first-order valence-electron chi connectivity index (χ1n) is 6.81. The van der Waals surface area contributed by atoms with Crippen LogP contribution in [0.4, 0.5) is 0 Å². The van der Waals surface area contributed by atoms with E-state index < -0.39 is 11.0 Å². The summed E-state index contributed by atoms with van der Waals surface area (Å²) in [5.41, 5.74) is -1.07. The van der Waals surface area contributed by atoms with E-state index in [1.54, 1.807) is 7.11 Å². The van der Waals surface area contributed by atoms with Crippen LogP contribution in [-0.2, 0) is 9.53 Å². The fraction of sp³-hybridized carbons (Fsp3) is 0.923. The number of aliphatic hydroxyl groups is 1. The van der Waals surface area contributed by atoms with Crippen LogP contribution in [0.15, 0.2) is 0 Å². The molecule has 1 heterocycles. The Bertz CT molecular complexity index is 291. The molecule has 3 N–H and O–H groups in total. The minimum Gasteiger partial charge on any atom is -0.388 e. The Kier molecular flexibility index (Phi) is 4.25. The summed E-state index contributed by atoms with van der Waals surface area (Å²) >= 11 is 0. The topological polar surface area (TPSA) is 70.6 Å². The second-order valence-corrected chi connectivity index (χ2v) is 5.72. The summed E-state index contributed by atoms with van der Waals surface area (Å²) in [6, 6.07) is 0. The van der Waals surface area contributed by atoms with Gasteiger partial charge in [0, 0.05) is 13.7 Å². The average molecular weight is 256 g/mol. The maximum absolute atomic E-state index is 12.4. The highest BCUT2D eigenvalue weighted by atomic mass is 16.5. The molecule has 0 aromatic heterocycles. The van der Waals surface area contributed by atoms with Crippen LogP contribution in [0.1, 0.15) is 32.1 Å². The summed E-state index contributed by atoms with van der Waals surface area (Å²) in [5, 5.41) is 16.2. The molecule has 0 spiro atoms. The Morgan fingerprint density at radius 1 is 1.33 bits per heavy atom. The third kappa shape index (κ3) is 2.84. The molecule has 5 heteroatoms. The number of ether oxygens (including phenoxy) is 1. The van der Waals surface area contributed by atoms with Crippen molar-refractivity contribution < 1.29 is 14.6 Å². The lowest BCUT2D eigenvalue weighted by Gasteiger charge is -2.39. The quantitative estimate of drug-likeness (QED) is 0.649. The number of carbonyl (C=O) groups excluding carboxylic acids is 1. The van der Waals surface area contributed by atoms with E-state index in [1.165, 1.54) is 0 Å². The molecule has 0 radical (unpaired) electrons. The number of carbonyl (C=O) groups is 1. The molecular weight excluding hydrogens is 232 g/mol. The van der Waals surface area contributed by atoms with Gasteiger partial charge in [-0.25, -0.2) is 0 Å². The highest BCUT2D eigenvalue weighted by Crippen LogP contribution is 2.32. The Morgan fingerprint density at radius 3 is 2.50 bits per heavy atom. The number of rotatable bonds is 5. The van der Waals surface area contributed by atoms with Crippen molar-refractivity contribution in [1.29, 1.82) is 0 Å². The first-order chi connectivity index (χ1) is 8.60. The molecule has 2 fully saturated rings. The molecule has 0 atom stereocenters. The zero-order chi connectivity index (χ0) is 13.1. The molecule has 1 saturated heterocycles. The number of amides is 1. The molecule has 18 heavy (non-hydrogen) atoms. The van der Waals surface area contributed by atoms with E-state index in [2.05, 4.69) is 10.6 Å². The van der Waals surface area contributed by atoms with E-state index in [1.807, 2.05) is 0 Å². The zero-order valence-electron chi connectivity index (χ0n) is 11.1. The van der Waals surface area contributed by atoms with Gasteiger partial charge in [-0.15, -0.1) is 0 Å². The van der Waals surface area contributed by atoms with Crippen LogP contribution in [-0.4, -0.2) is 50.0 Å². The molecule has 2 rings (SSSR count). The largest absolute Gasteiger partial charge is 0.388 e. The van der Waals surface area contributed by atoms with Crippen molar-refractivity contribution in [2.24, 2.45) is 5.41 Å². The number of piperidine rings is 1. The predicted octanol–water partition coefficient (Wildman–Crippen LogP) is 0.0338. The van der Waals surface area contributed by atoms with Crippen LogP contribution in [0.25, 0.3) is 0 Å². The average Bonchev–Trinajstić information content (AvgIpc) is 2.35. The smallest absolute Gasteiger partial charge is 0.228 e. The molecule has 1 amide bonds. The van der Waals surface area contributed by atoms with Crippen molar-refractivity contribution in [3.8, 4) is 0 Å². The van der Waals surface area contributed by atoms with Gasteiger partial charge in [-0.3, -0.25) is 4.79 Å². The molecule has 1 aliphatic heterocycles. The van der Waals surface area contributed by atoms with Gasteiger partial charge in [-0.2, -0.15) is 0 Å². The van der Waals surface area contributed by atoms with Gasteiger partial charge in [-0.05, 0) is 45.2 Å². The third-order valence-corrected chi connectivity index (χ3v) is 4.33. The fourth-order valence-electron chi connectivity index (χ4n) is 2.81. The van der Waals surface area contributed by atoms with Crippen molar-refractivity contribution in [3.05, 3.63) is 0 Å². The molecule has 0 unspecified atom stereocenters. The number of hydrogen-bond acceptors (Lipinski definition) is 4. The van der Waals surface area contributed by atoms with Crippen LogP contribution in [0.5, 0.6) is 0 Å². The summed E-state index contributed by atoms with van der Waals surface area (Å²) in [5.74, 6) is 0.0335. The third-order valence-electron chi connectivity index (χ3n) is 4.33. The molecule has 0 bridgehead atoms. The van der Waals surface area contributed by atoms with Gasteiger partial charge in [0.05, 0.1) is 17.6 Å². The normalized spacial score (nSPS) is 25.2.